The Morgan fingerprint density at radius 3 is 2.21 bits per heavy atom. The average Bonchev–Trinajstić information content (AvgIpc) is 3.43. The second-order valence-corrected chi connectivity index (χ2v) is 15.9. The number of aliphatic hydroxyl groups is 1. The lowest BCUT2D eigenvalue weighted by Crippen LogP contribution is -2.48. The van der Waals surface area contributed by atoms with Crippen LogP contribution in [0, 0.1) is 20.8 Å². The molecule has 1 aliphatic rings. The van der Waals surface area contributed by atoms with E-state index in [1.165, 1.54) is 14.2 Å². The lowest BCUT2D eigenvalue weighted by Gasteiger charge is -2.26. The van der Waals surface area contributed by atoms with Gasteiger partial charge in [-0.05, 0) is 97.9 Å². The number of aryl methyl sites for hydroxylation is 1. The van der Waals surface area contributed by atoms with E-state index in [4.69, 9.17) is 18.9 Å². The van der Waals surface area contributed by atoms with Crippen LogP contribution in [0.4, 0.5) is 9.59 Å². The number of hydrogen-bond donors (Lipinski definition) is 4. The van der Waals surface area contributed by atoms with Gasteiger partial charge in [0.1, 0.15) is 28.3 Å². The number of ether oxygens (including phenoxy) is 4. The minimum absolute atomic E-state index is 0.00401. The maximum Gasteiger partial charge on any atom is 0.414 e. The average molecular weight is 716 g/mol. The second kappa shape index (κ2) is 16.7. The molecular formula is C31H49N5O10S2. The molecule has 0 spiro atoms. The number of nitrogens with zero attached hydrogens (tertiary/aromatic N) is 2. The van der Waals surface area contributed by atoms with Gasteiger partial charge in [-0.25, -0.2) is 22.7 Å². The summed E-state index contributed by atoms with van der Waals surface area (Å²) in [6.45, 7) is 15.1. The predicted molar refractivity (Wildman–Crippen MR) is 183 cm³/mol. The standard InChI is InChI=1S/C31H49N5O10S2/c1-17-15-21(43-10)18(2)19(3)24(17)48(41,42)36-27(35-29(40)46-31(7,8)9)32-14-12-13-20(34-28(39)45-30(4,5)6)23(37)25-33-16-22(47-25)26(38)44-11/h15,20,22-23,37H,12-14,16H2,1-11H3,(H,34,39)(H2,32,35,36,40)/t20-,22?,23?/m0/s1. The number of aliphatic hydroxyl groups excluding tert-OH is 1. The van der Waals surface area contributed by atoms with Gasteiger partial charge in [0.15, 0.2) is 0 Å². The van der Waals surface area contributed by atoms with E-state index < -0.39 is 56.8 Å². The first-order valence-electron chi connectivity index (χ1n) is 15.3. The van der Waals surface area contributed by atoms with Crippen molar-refractivity contribution >= 4 is 50.9 Å². The van der Waals surface area contributed by atoms with Gasteiger partial charge in [0.2, 0.25) is 5.96 Å². The summed E-state index contributed by atoms with van der Waals surface area (Å²) in [5.74, 6) is -0.339. The molecule has 270 valence electrons. The molecule has 0 saturated carbocycles. The molecule has 17 heteroatoms. The Hall–Kier alpha value is -3.57. The highest BCUT2D eigenvalue weighted by atomic mass is 32.2. The first-order chi connectivity index (χ1) is 22.1. The number of hydrogen-bond acceptors (Lipinski definition) is 13. The molecule has 0 aromatic heterocycles. The Morgan fingerprint density at radius 2 is 1.65 bits per heavy atom. The predicted octanol–water partition coefficient (Wildman–Crippen LogP) is 3.50. The maximum absolute atomic E-state index is 13.6. The number of rotatable bonds is 11. The molecule has 1 aromatic carbocycles. The Bertz CT molecular complexity index is 1510. The van der Waals surface area contributed by atoms with Gasteiger partial charge in [-0.15, -0.1) is 0 Å². The summed E-state index contributed by atoms with van der Waals surface area (Å²) in [5, 5.41) is 15.8. The van der Waals surface area contributed by atoms with Crippen LogP contribution < -0.4 is 20.1 Å². The smallest absolute Gasteiger partial charge is 0.414 e. The van der Waals surface area contributed by atoms with Crippen LogP contribution in [0.25, 0.3) is 0 Å². The van der Waals surface area contributed by atoms with Crippen molar-refractivity contribution in [2.45, 2.75) is 109 Å². The zero-order valence-electron chi connectivity index (χ0n) is 29.5. The van der Waals surface area contributed by atoms with Gasteiger partial charge in [0.05, 0.1) is 36.7 Å². The van der Waals surface area contributed by atoms with E-state index >= 15 is 0 Å². The molecule has 0 saturated heterocycles. The molecule has 3 atom stereocenters. The molecular weight excluding hydrogens is 667 g/mol. The molecule has 2 rings (SSSR count). The molecule has 0 aliphatic carbocycles. The molecule has 0 bridgehead atoms. The monoisotopic (exact) mass is 715 g/mol. The molecule has 15 nitrogen and oxygen atoms in total. The van der Waals surface area contributed by atoms with Gasteiger partial charge >= 0.3 is 18.2 Å². The fourth-order valence-corrected chi connectivity index (χ4v) is 7.17. The number of esters is 1. The molecule has 1 heterocycles. The molecule has 48 heavy (non-hydrogen) atoms. The minimum atomic E-state index is -4.26. The maximum atomic E-state index is 13.6. The lowest BCUT2D eigenvalue weighted by atomic mass is 10.1. The number of sulfonamides is 1. The summed E-state index contributed by atoms with van der Waals surface area (Å²) >= 11 is 1.04. The Morgan fingerprint density at radius 1 is 1.04 bits per heavy atom. The van der Waals surface area contributed by atoms with Crippen molar-refractivity contribution in [1.29, 1.82) is 0 Å². The Balaban J connectivity index is 2.33. The molecule has 2 unspecified atom stereocenters. The summed E-state index contributed by atoms with van der Waals surface area (Å²) in [4.78, 5) is 45.9. The summed E-state index contributed by atoms with van der Waals surface area (Å²) in [7, 11) is -1.50. The van der Waals surface area contributed by atoms with Gasteiger partial charge in [-0.3, -0.25) is 20.1 Å². The number of aliphatic imine (C=N–C) groups is 2. The quantitative estimate of drug-likeness (QED) is 0.0859. The first kappa shape index (κ1) is 40.6. The molecule has 4 N–H and O–H groups in total. The van der Waals surface area contributed by atoms with Crippen molar-refractivity contribution in [3.05, 3.63) is 22.8 Å². The number of carbonyl (C=O) groups excluding carboxylic acids is 3. The van der Waals surface area contributed by atoms with Gasteiger partial charge in [-0.2, -0.15) is 0 Å². The Kier molecular flexibility index (Phi) is 14.1. The van der Waals surface area contributed by atoms with E-state index in [9.17, 15) is 27.9 Å². The number of benzene rings is 1. The van der Waals surface area contributed by atoms with E-state index in [1.54, 1.807) is 68.4 Å². The number of amides is 2. The number of carbonyl (C=O) groups is 3. The molecule has 1 aromatic rings. The third-order valence-electron chi connectivity index (χ3n) is 6.74. The minimum Gasteiger partial charge on any atom is -0.496 e. The van der Waals surface area contributed by atoms with Crippen molar-refractivity contribution in [1.82, 2.24) is 15.4 Å². The SMILES string of the molecule is COC(=O)C1CN=C(C(O)[C@H](CCCN=C(NC(=O)OC(C)(C)C)NS(=O)(=O)c2c(C)cc(OC)c(C)c2C)NC(=O)OC(C)(C)C)S1. The van der Waals surface area contributed by atoms with Crippen molar-refractivity contribution in [2.24, 2.45) is 9.98 Å². The Labute approximate surface area is 287 Å². The van der Waals surface area contributed by atoms with Crippen LogP contribution in [0.1, 0.15) is 71.1 Å². The van der Waals surface area contributed by atoms with Crippen LogP contribution in [0.15, 0.2) is 20.9 Å². The third kappa shape index (κ3) is 12.1. The van der Waals surface area contributed by atoms with E-state index in [0.29, 0.717) is 22.4 Å². The highest BCUT2D eigenvalue weighted by molar-refractivity contribution is 8.15. The topological polar surface area (TPSA) is 203 Å². The lowest BCUT2D eigenvalue weighted by molar-refractivity contribution is -0.139. The van der Waals surface area contributed by atoms with E-state index in [-0.39, 0.29) is 41.8 Å². The molecule has 1 aliphatic heterocycles. The van der Waals surface area contributed by atoms with Gasteiger partial charge in [-0.1, -0.05) is 11.8 Å². The molecule has 2 amide bonds. The van der Waals surface area contributed by atoms with Gasteiger partial charge in [0, 0.05) is 6.54 Å². The fourth-order valence-electron chi connectivity index (χ4n) is 4.58. The van der Waals surface area contributed by atoms with Crippen molar-refractivity contribution in [2.75, 3.05) is 27.3 Å². The van der Waals surface area contributed by atoms with Crippen LogP contribution >= 0.6 is 11.8 Å². The van der Waals surface area contributed by atoms with E-state index in [1.807, 2.05) is 0 Å². The van der Waals surface area contributed by atoms with Gasteiger partial charge in [0.25, 0.3) is 10.0 Å². The summed E-state index contributed by atoms with van der Waals surface area (Å²) in [6, 6.07) is 0.697. The number of nitrogens with one attached hydrogen (secondary N) is 3. The van der Waals surface area contributed by atoms with Crippen molar-refractivity contribution < 1.29 is 46.9 Å². The van der Waals surface area contributed by atoms with Crippen LogP contribution in [0.3, 0.4) is 0 Å². The van der Waals surface area contributed by atoms with Crippen LogP contribution in [0.2, 0.25) is 0 Å². The highest BCUT2D eigenvalue weighted by Crippen LogP contribution is 2.30. The van der Waals surface area contributed by atoms with Crippen molar-refractivity contribution in [3.8, 4) is 5.75 Å². The number of methoxy groups -OCH3 is 2. The summed E-state index contributed by atoms with van der Waals surface area (Å²) < 4.78 is 50.5. The fraction of sp³-hybridized carbons (Fsp3) is 0.645. The van der Waals surface area contributed by atoms with Gasteiger partial charge < -0.3 is 29.4 Å². The number of guanidine groups is 1. The number of thioether (sulfide) groups is 1. The molecule has 0 radical (unpaired) electrons. The van der Waals surface area contributed by atoms with Crippen molar-refractivity contribution in [3.63, 3.8) is 0 Å². The normalized spacial score (nSPS) is 16.7. The second-order valence-electron chi connectivity index (χ2n) is 13.1. The summed E-state index contributed by atoms with van der Waals surface area (Å²) in [6.07, 6.45) is -2.66. The zero-order valence-corrected chi connectivity index (χ0v) is 31.1. The van der Waals surface area contributed by atoms with Crippen LogP contribution in [0.5, 0.6) is 5.75 Å². The van der Waals surface area contributed by atoms with Crippen LogP contribution in [-0.2, 0) is 29.0 Å². The highest BCUT2D eigenvalue weighted by Gasteiger charge is 2.35. The summed E-state index contributed by atoms with van der Waals surface area (Å²) in [5.41, 5.74) is -0.168. The third-order valence-corrected chi connectivity index (χ3v) is 9.60. The zero-order chi connectivity index (χ0) is 36.6. The van der Waals surface area contributed by atoms with Crippen LogP contribution in [-0.4, -0.2) is 98.6 Å². The largest absolute Gasteiger partial charge is 0.496 e. The molecule has 0 fully saturated rings. The number of alkyl carbamates (subject to hydrolysis) is 2. The first-order valence-corrected chi connectivity index (χ1v) is 17.6. The van der Waals surface area contributed by atoms with E-state index in [2.05, 4.69) is 25.3 Å². The van der Waals surface area contributed by atoms with E-state index in [0.717, 1.165) is 11.8 Å².